The molecule has 0 aromatic heterocycles. The van der Waals surface area contributed by atoms with Crippen molar-refractivity contribution in [2.75, 3.05) is 13.7 Å². The zero-order chi connectivity index (χ0) is 40.7. The Morgan fingerprint density at radius 3 is 2.52 bits per heavy atom. The summed E-state index contributed by atoms with van der Waals surface area (Å²) in [5, 5.41) is 28.7. The molecule has 2 bridgehead atoms. The topological polar surface area (TPSA) is 192 Å². The van der Waals surface area contributed by atoms with Gasteiger partial charge in [0, 0.05) is 38.2 Å². The van der Waals surface area contributed by atoms with Crippen molar-refractivity contribution in [3.63, 3.8) is 0 Å². The SMILES string of the molecule is CCC(C)[C@H]1O[C@]2(C=C[C@@H]1C)C[C@@H]1C[C@@H](C/C=C(\C)[C@@H](O[C@H]3C[C@H](OC)[C@H](OS(N)(=O)=O)[C@H](C)O3)[C@@H](C)/C=C/C=C3\CO[C@@H]4[C@H](O)C(C)=C[C@@H](C(=O)O1)[C@]34O)O2. The smallest absolute Gasteiger partial charge is 0.333 e. The van der Waals surface area contributed by atoms with E-state index in [-0.39, 0.29) is 43.3 Å². The predicted molar refractivity (Wildman–Crippen MR) is 205 cm³/mol. The Balaban J connectivity index is 1.37. The van der Waals surface area contributed by atoms with Crippen molar-refractivity contribution >= 4 is 16.3 Å². The number of rotatable bonds is 7. The molecule has 6 rings (SSSR count). The van der Waals surface area contributed by atoms with Crippen LogP contribution in [-0.4, -0.2) is 111 Å². The maximum absolute atomic E-state index is 14.3. The Labute approximate surface area is 331 Å². The lowest BCUT2D eigenvalue weighted by Gasteiger charge is -2.48. The number of methoxy groups -OCH3 is 1. The second kappa shape index (κ2) is 17.1. The summed E-state index contributed by atoms with van der Waals surface area (Å²) in [6, 6.07) is 0. The molecule has 4 N–H and O–H groups in total. The van der Waals surface area contributed by atoms with E-state index < -0.39 is 88.7 Å². The van der Waals surface area contributed by atoms with Gasteiger partial charge in [-0.3, -0.25) is 4.79 Å². The maximum Gasteiger partial charge on any atom is 0.333 e. The minimum atomic E-state index is -4.27. The van der Waals surface area contributed by atoms with Crippen LogP contribution in [0.3, 0.4) is 0 Å². The molecule has 5 heterocycles. The van der Waals surface area contributed by atoms with E-state index in [1.807, 2.05) is 26.0 Å². The summed E-state index contributed by atoms with van der Waals surface area (Å²) in [6.45, 7) is 13.8. The van der Waals surface area contributed by atoms with E-state index in [0.717, 1.165) is 12.0 Å². The largest absolute Gasteiger partial charge is 0.462 e. The predicted octanol–water partition coefficient (Wildman–Crippen LogP) is 4.07. The number of ether oxygens (including phenoxy) is 7. The molecule has 1 unspecified atom stereocenters. The highest BCUT2D eigenvalue weighted by Gasteiger charge is 2.60. The van der Waals surface area contributed by atoms with Crippen molar-refractivity contribution in [2.24, 2.45) is 28.8 Å². The molecule has 0 saturated carbocycles. The lowest BCUT2D eigenvalue weighted by atomic mass is 9.71. The minimum absolute atomic E-state index is 0.00491. The second-order valence-electron chi connectivity index (χ2n) is 16.6. The van der Waals surface area contributed by atoms with Gasteiger partial charge in [-0.1, -0.05) is 70.6 Å². The number of aliphatic hydroxyl groups excluding tert-OH is 1. The van der Waals surface area contributed by atoms with Crippen molar-refractivity contribution in [1.82, 2.24) is 0 Å². The summed E-state index contributed by atoms with van der Waals surface area (Å²) >= 11 is 0. The summed E-state index contributed by atoms with van der Waals surface area (Å²) in [6.07, 6.45) is 8.36. The first-order chi connectivity index (χ1) is 26.4. The minimum Gasteiger partial charge on any atom is -0.462 e. The highest BCUT2D eigenvalue weighted by molar-refractivity contribution is 7.84. The van der Waals surface area contributed by atoms with E-state index in [4.69, 9.17) is 42.5 Å². The van der Waals surface area contributed by atoms with Gasteiger partial charge in [0.25, 0.3) is 0 Å². The number of carbonyl (C=O) groups is 1. The zero-order valence-corrected chi connectivity index (χ0v) is 34.6. The van der Waals surface area contributed by atoms with E-state index in [0.29, 0.717) is 24.0 Å². The molecule has 56 heavy (non-hydrogen) atoms. The molecule has 16 atom stereocenters. The van der Waals surface area contributed by atoms with Crippen molar-refractivity contribution in [3.05, 3.63) is 59.3 Å². The number of hydrogen-bond acceptors (Lipinski definition) is 13. The van der Waals surface area contributed by atoms with E-state index in [9.17, 15) is 23.4 Å². The molecule has 3 fully saturated rings. The number of esters is 1. The molecule has 5 aliphatic heterocycles. The van der Waals surface area contributed by atoms with Crippen molar-refractivity contribution in [3.8, 4) is 0 Å². The molecule has 0 aromatic rings. The van der Waals surface area contributed by atoms with Crippen LogP contribution in [0.25, 0.3) is 0 Å². The molecule has 0 radical (unpaired) electrons. The number of hydrogen-bond donors (Lipinski definition) is 3. The van der Waals surface area contributed by atoms with Crippen LogP contribution in [0, 0.1) is 23.7 Å². The van der Waals surface area contributed by atoms with Crippen LogP contribution < -0.4 is 5.14 Å². The van der Waals surface area contributed by atoms with Crippen molar-refractivity contribution in [1.29, 1.82) is 0 Å². The summed E-state index contributed by atoms with van der Waals surface area (Å²) in [4.78, 5) is 14.3. The number of fused-ring (bicyclic) bond motifs is 2. The molecular formula is C41H61NO13S. The van der Waals surface area contributed by atoms with Gasteiger partial charge in [0.1, 0.15) is 35.9 Å². The van der Waals surface area contributed by atoms with E-state index >= 15 is 0 Å². The fourth-order valence-electron chi connectivity index (χ4n) is 9.15. The van der Waals surface area contributed by atoms with Gasteiger partial charge in [0.15, 0.2) is 12.1 Å². The number of aliphatic hydroxyl groups is 2. The Bertz CT molecular complexity index is 1710. The summed E-state index contributed by atoms with van der Waals surface area (Å²) in [5.41, 5.74) is -0.0167. The van der Waals surface area contributed by atoms with Crippen LogP contribution >= 0.6 is 0 Å². The quantitative estimate of drug-likeness (QED) is 0.247. The van der Waals surface area contributed by atoms with Gasteiger partial charge in [-0.05, 0) is 55.9 Å². The highest BCUT2D eigenvalue weighted by atomic mass is 32.2. The lowest BCUT2D eigenvalue weighted by Crippen LogP contribution is -2.58. The molecule has 3 saturated heterocycles. The Morgan fingerprint density at radius 2 is 1.82 bits per heavy atom. The third-order valence-corrected chi connectivity index (χ3v) is 13.0. The summed E-state index contributed by atoms with van der Waals surface area (Å²) < 4.78 is 73.2. The van der Waals surface area contributed by atoms with Crippen LogP contribution in [0.5, 0.6) is 0 Å². The number of allylic oxidation sites excluding steroid dienone is 2. The Kier molecular flexibility index (Phi) is 13.2. The Morgan fingerprint density at radius 1 is 1.07 bits per heavy atom. The molecule has 1 aliphatic carbocycles. The number of carbonyl (C=O) groups excluding carboxylic acids is 1. The normalized spacial score (nSPS) is 46.4. The summed E-state index contributed by atoms with van der Waals surface area (Å²) in [7, 11) is -2.81. The fraction of sp³-hybridized carbons (Fsp3) is 0.732. The van der Waals surface area contributed by atoms with Crippen LogP contribution in [0.2, 0.25) is 0 Å². The van der Waals surface area contributed by atoms with Gasteiger partial charge in [-0.15, -0.1) is 0 Å². The third-order valence-electron chi connectivity index (χ3n) is 12.5. The van der Waals surface area contributed by atoms with Crippen LogP contribution in [0.1, 0.15) is 80.6 Å². The third kappa shape index (κ3) is 8.98. The van der Waals surface area contributed by atoms with Gasteiger partial charge < -0.3 is 43.4 Å². The fourth-order valence-corrected chi connectivity index (χ4v) is 9.74. The molecule has 1 spiro atoms. The monoisotopic (exact) mass is 807 g/mol. The van der Waals surface area contributed by atoms with E-state index in [1.54, 1.807) is 32.1 Å². The molecule has 0 aromatic carbocycles. The average molecular weight is 808 g/mol. The van der Waals surface area contributed by atoms with Gasteiger partial charge in [0.2, 0.25) is 0 Å². The lowest BCUT2D eigenvalue weighted by molar-refractivity contribution is -0.300. The second-order valence-corrected chi connectivity index (χ2v) is 17.8. The maximum atomic E-state index is 14.3. The molecule has 15 heteroatoms. The van der Waals surface area contributed by atoms with Crippen molar-refractivity contribution < 1.29 is 60.8 Å². The molecule has 6 aliphatic rings. The first-order valence-electron chi connectivity index (χ1n) is 19.9. The standard InChI is InChI=1S/C41H61NO13S/c1-9-22(2)36-25(5)15-16-40(54-36)20-30-18-29(53-40)14-13-24(4)35(52-33-19-32(48-8)37(27(7)50-33)55-56(42,46)47)23(3)11-10-12-28-21-49-38-34(43)26(6)17-31(39(44)51-30)41(28,38)45/h10-13,15-17,22-23,25,27,29-38,43,45H,9,14,18-21H2,1-8H3,(H2,42,46,47)/b11-10+,24-13+,28-12+/t22?,23-,25-,27-,29+,30-,31-,32-,33-,34+,35-,36+,37+,38+,40+,41+/m0/s1. The van der Waals surface area contributed by atoms with E-state index in [1.165, 1.54) is 7.11 Å². The van der Waals surface area contributed by atoms with Crippen LogP contribution in [0.4, 0.5) is 0 Å². The molecule has 314 valence electrons. The van der Waals surface area contributed by atoms with Gasteiger partial charge in [-0.25, -0.2) is 9.32 Å². The Hall–Kier alpha value is -2.28. The van der Waals surface area contributed by atoms with Crippen LogP contribution in [-0.2, 0) is 52.4 Å². The molecular weight excluding hydrogens is 747 g/mol. The van der Waals surface area contributed by atoms with E-state index in [2.05, 4.69) is 32.9 Å². The van der Waals surface area contributed by atoms with Gasteiger partial charge in [-0.2, -0.15) is 8.42 Å². The molecule has 14 nitrogen and oxygen atoms in total. The average Bonchev–Trinajstić information content (AvgIpc) is 3.48. The van der Waals surface area contributed by atoms with Crippen molar-refractivity contribution in [2.45, 2.75) is 153 Å². The highest BCUT2D eigenvalue weighted by Crippen LogP contribution is 2.47. The van der Waals surface area contributed by atoms with Gasteiger partial charge >= 0.3 is 16.3 Å². The summed E-state index contributed by atoms with van der Waals surface area (Å²) in [5.74, 6) is -2.72. The zero-order valence-electron chi connectivity index (χ0n) is 33.7. The van der Waals surface area contributed by atoms with Gasteiger partial charge in [0.05, 0.1) is 37.1 Å². The first kappa shape index (κ1) is 43.3. The molecule has 0 amide bonds. The number of nitrogens with two attached hydrogens (primary N) is 1. The van der Waals surface area contributed by atoms with Crippen LogP contribution in [0.15, 0.2) is 59.3 Å². The first-order valence-corrected chi connectivity index (χ1v) is 21.4.